The predicted octanol–water partition coefficient (Wildman–Crippen LogP) is 3.28. The lowest BCUT2D eigenvalue weighted by Gasteiger charge is -2.16. The maximum atomic E-state index is 13.7. The summed E-state index contributed by atoms with van der Waals surface area (Å²) in [6, 6.07) is 14.9. The second-order valence-corrected chi connectivity index (χ2v) is 5.60. The second kappa shape index (κ2) is 7.53. The van der Waals surface area contributed by atoms with Crippen LogP contribution in [0.15, 0.2) is 53.0 Å². The normalized spacial score (nSPS) is 12.3. The number of aliphatic hydroxyl groups is 1. The van der Waals surface area contributed by atoms with Crippen molar-refractivity contribution in [1.82, 2.24) is 5.32 Å². The molecule has 0 aromatic heterocycles. The fraction of sp³-hybridized carbons (Fsp3) is 0.250. The van der Waals surface area contributed by atoms with Crippen LogP contribution >= 0.6 is 15.9 Å². The van der Waals surface area contributed by atoms with Crippen LogP contribution in [0.4, 0.5) is 4.39 Å². The monoisotopic (exact) mass is 337 g/mol. The lowest BCUT2D eigenvalue weighted by atomic mass is 10.1. The molecule has 1 unspecified atom stereocenters. The van der Waals surface area contributed by atoms with Gasteiger partial charge in [-0.1, -0.05) is 52.3 Å². The van der Waals surface area contributed by atoms with Gasteiger partial charge in [0.15, 0.2) is 0 Å². The molecule has 0 fully saturated rings. The van der Waals surface area contributed by atoms with Gasteiger partial charge in [-0.3, -0.25) is 0 Å². The average molecular weight is 338 g/mol. The summed E-state index contributed by atoms with van der Waals surface area (Å²) in [5.74, 6) is -0.247. The third-order valence-corrected chi connectivity index (χ3v) is 3.63. The van der Waals surface area contributed by atoms with Crippen LogP contribution in [0, 0.1) is 5.82 Å². The van der Waals surface area contributed by atoms with E-state index in [4.69, 9.17) is 0 Å². The molecule has 0 heterocycles. The van der Waals surface area contributed by atoms with Gasteiger partial charge in [-0.2, -0.15) is 0 Å². The van der Waals surface area contributed by atoms with E-state index in [-0.39, 0.29) is 18.5 Å². The summed E-state index contributed by atoms with van der Waals surface area (Å²) in [4.78, 5) is 0. The zero-order valence-electron chi connectivity index (χ0n) is 11.0. The smallest absolute Gasteiger partial charge is 0.128 e. The minimum absolute atomic E-state index is 0.0209. The Labute approximate surface area is 126 Å². The fourth-order valence-electron chi connectivity index (χ4n) is 2.02. The van der Waals surface area contributed by atoms with Crippen molar-refractivity contribution >= 4 is 15.9 Å². The molecule has 0 saturated heterocycles. The third kappa shape index (κ3) is 4.40. The van der Waals surface area contributed by atoms with Crippen LogP contribution < -0.4 is 5.32 Å². The number of rotatable bonds is 6. The largest absolute Gasteiger partial charge is 0.395 e. The quantitative estimate of drug-likeness (QED) is 0.847. The van der Waals surface area contributed by atoms with Gasteiger partial charge in [0, 0.05) is 22.6 Å². The molecule has 0 spiro atoms. The van der Waals surface area contributed by atoms with Crippen LogP contribution in [0.1, 0.15) is 11.1 Å². The molecule has 0 aliphatic rings. The van der Waals surface area contributed by atoms with E-state index < -0.39 is 0 Å². The summed E-state index contributed by atoms with van der Waals surface area (Å²) >= 11 is 3.23. The lowest BCUT2D eigenvalue weighted by Crippen LogP contribution is -2.34. The lowest BCUT2D eigenvalue weighted by molar-refractivity contribution is 0.240. The molecular weight excluding hydrogens is 321 g/mol. The first kappa shape index (κ1) is 15.2. The Balaban J connectivity index is 1.93. The highest BCUT2D eigenvalue weighted by Crippen LogP contribution is 2.15. The molecule has 0 saturated carbocycles. The van der Waals surface area contributed by atoms with E-state index >= 15 is 0 Å². The van der Waals surface area contributed by atoms with E-state index in [2.05, 4.69) is 21.2 Å². The molecule has 0 bridgehead atoms. The van der Waals surface area contributed by atoms with Crippen LogP contribution in [0.3, 0.4) is 0 Å². The van der Waals surface area contributed by atoms with Crippen molar-refractivity contribution in [2.45, 2.75) is 19.0 Å². The molecule has 2 N–H and O–H groups in total. The summed E-state index contributed by atoms with van der Waals surface area (Å²) in [5.41, 5.74) is 1.75. The summed E-state index contributed by atoms with van der Waals surface area (Å²) in [5, 5.41) is 12.6. The Morgan fingerprint density at radius 1 is 1.15 bits per heavy atom. The first-order valence-corrected chi connectivity index (χ1v) is 7.30. The molecule has 0 amide bonds. The van der Waals surface area contributed by atoms with E-state index in [1.807, 2.05) is 36.4 Å². The van der Waals surface area contributed by atoms with Gasteiger partial charge in [0.25, 0.3) is 0 Å². The van der Waals surface area contributed by atoms with E-state index in [1.54, 1.807) is 6.07 Å². The van der Waals surface area contributed by atoms with Crippen LogP contribution in [-0.2, 0) is 13.0 Å². The number of aliphatic hydroxyl groups excluding tert-OH is 1. The number of benzene rings is 2. The molecule has 0 aliphatic heterocycles. The molecule has 106 valence electrons. The van der Waals surface area contributed by atoms with Crippen molar-refractivity contribution in [2.24, 2.45) is 0 Å². The minimum Gasteiger partial charge on any atom is -0.395 e. The van der Waals surface area contributed by atoms with Gasteiger partial charge in [-0.25, -0.2) is 4.39 Å². The molecule has 4 heteroatoms. The predicted molar refractivity (Wildman–Crippen MR) is 82.0 cm³/mol. The van der Waals surface area contributed by atoms with E-state index in [0.717, 1.165) is 16.5 Å². The van der Waals surface area contributed by atoms with Gasteiger partial charge in [0.1, 0.15) is 5.82 Å². The molecular formula is C16H17BrFNO. The molecule has 20 heavy (non-hydrogen) atoms. The standard InChI is InChI=1S/C16H17BrFNO/c17-14-7-6-13(16(18)9-14)10-19-15(11-20)8-12-4-2-1-3-5-12/h1-7,9,15,19-20H,8,10-11H2. The maximum Gasteiger partial charge on any atom is 0.128 e. The highest BCUT2D eigenvalue weighted by molar-refractivity contribution is 9.10. The first-order valence-electron chi connectivity index (χ1n) is 6.51. The first-order chi connectivity index (χ1) is 9.69. The van der Waals surface area contributed by atoms with E-state index in [9.17, 15) is 9.50 Å². The Kier molecular flexibility index (Phi) is 5.71. The van der Waals surface area contributed by atoms with Crippen LogP contribution in [-0.4, -0.2) is 17.8 Å². The van der Waals surface area contributed by atoms with Gasteiger partial charge < -0.3 is 10.4 Å². The molecule has 2 aromatic rings. The Hall–Kier alpha value is -1.23. The van der Waals surface area contributed by atoms with Crippen molar-refractivity contribution in [1.29, 1.82) is 0 Å². The molecule has 2 aromatic carbocycles. The van der Waals surface area contributed by atoms with Gasteiger partial charge in [-0.05, 0) is 24.1 Å². The van der Waals surface area contributed by atoms with Gasteiger partial charge >= 0.3 is 0 Å². The van der Waals surface area contributed by atoms with Crippen LogP contribution in [0.25, 0.3) is 0 Å². The zero-order valence-corrected chi connectivity index (χ0v) is 12.6. The topological polar surface area (TPSA) is 32.3 Å². The van der Waals surface area contributed by atoms with Crippen molar-refractivity contribution in [2.75, 3.05) is 6.61 Å². The third-order valence-electron chi connectivity index (χ3n) is 3.14. The van der Waals surface area contributed by atoms with Gasteiger partial charge in [0.2, 0.25) is 0 Å². The summed E-state index contributed by atoms with van der Waals surface area (Å²) < 4.78 is 14.4. The van der Waals surface area contributed by atoms with E-state index in [1.165, 1.54) is 6.07 Å². The van der Waals surface area contributed by atoms with Gasteiger partial charge in [-0.15, -0.1) is 0 Å². The fourth-order valence-corrected chi connectivity index (χ4v) is 2.35. The van der Waals surface area contributed by atoms with Crippen LogP contribution in [0.5, 0.6) is 0 Å². The molecule has 2 rings (SSSR count). The Morgan fingerprint density at radius 3 is 2.55 bits per heavy atom. The Morgan fingerprint density at radius 2 is 1.90 bits per heavy atom. The summed E-state index contributed by atoms with van der Waals surface area (Å²) in [7, 11) is 0. The highest BCUT2D eigenvalue weighted by Gasteiger charge is 2.09. The molecule has 0 aliphatic carbocycles. The minimum atomic E-state index is -0.247. The molecule has 2 nitrogen and oxygen atoms in total. The maximum absolute atomic E-state index is 13.7. The molecule has 1 atom stereocenters. The zero-order chi connectivity index (χ0) is 14.4. The van der Waals surface area contributed by atoms with E-state index in [0.29, 0.717) is 12.1 Å². The average Bonchev–Trinajstić information content (AvgIpc) is 2.46. The highest BCUT2D eigenvalue weighted by atomic mass is 79.9. The molecule has 0 radical (unpaired) electrons. The number of hydrogen-bond acceptors (Lipinski definition) is 2. The second-order valence-electron chi connectivity index (χ2n) is 4.69. The SMILES string of the molecule is OCC(Cc1ccccc1)NCc1ccc(Br)cc1F. The summed E-state index contributed by atoms with van der Waals surface area (Å²) in [6.07, 6.45) is 0.718. The summed E-state index contributed by atoms with van der Waals surface area (Å²) in [6.45, 7) is 0.421. The van der Waals surface area contributed by atoms with Crippen molar-refractivity contribution in [3.63, 3.8) is 0 Å². The van der Waals surface area contributed by atoms with Crippen LogP contribution in [0.2, 0.25) is 0 Å². The van der Waals surface area contributed by atoms with Crippen molar-refractivity contribution in [3.05, 3.63) is 69.9 Å². The Bertz CT molecular complexity index is 547. The van der Waals surface area contributed by atoms with Crippen molar-refractivity contribution < 1.29 is 9.50 Å². The number of hydrogen-bond donors (Lipinski definition) is 2. The van der Waals surface area contributed by atoms with Crippen molar-refractivity contribution in [3.8, 4) is 0 Å². The number of nitrogens with one attached hydrogen (secondary N) is 1. The van der Waals surface area contributed by atoms with Gasteiger partial charge in [0.05, 0.1) is 6.61 Å². The number of halogens is 2.